The fraction of sp³-hybridized carbons (Fsp3) is 0.735. The van der Waals surface area contributed by atoms with Crippen LogP contribution >= 0.6 is 0 Å². The van der Waals surface area contributed by atoms with Gasteiger partial charge in [0.15, 0.2) is 0 Å². The zero-order valence-corrected chi connectivity index (χ0v) is 24.1. The third kappa shape index (κ3) is 6.13. The molecule has 0 aliphatic heterocycles. The standard InChI is InChI=1S/C34H52O4/c1-5-6-7-8-11-31(37)34(19-20-34)32(38)17-12-23(2)28-15-16-29-25(10-9-18-33(28,29)4)13-14-26-21-27(35)22-30(36)24(26)3/h12-14,17,23,27-30,32,35-36,38H,3,5-11,15-16,18-22H2,1-2,4H3/b17-12+,25-13+,26-14-/t23-,27-,28-,29+,30+,32-,33-/m1/s1. The second-order valence-electron chi connectivity index (χ2n) is 13.2. The Balaban J connectivity index is 1.40. The van der Waals surface area contributed by atoms with Crippen LogP contribution in [0.3, 0.4) is 0 Å². The van der Waals surface area contributed by atoms with Gasteiger partial charge < -0.3 is 15.3 Å². The van der Waals surface area contributed by atoms with E-state index in [-0.39, 0.29) is 11.2 Å². The molecule has 4 rings (SSSR count). The van der Waals surface area contributed by atoms with Crippen molar-refractivity contribution in [1.29, 1.82) is 0 Å². The van der Waals surface area contributed by atoms with Gasteiger partial charge in [0.2, 0.25) is 0 Å². The number of fused-ring (bicyclic) bond motifs is 1. The maximum absolute atomic E-state index is 12.9. The second kappa shape index (κ2) is 12.4. The van der Waals surface area contributed by atoms with Gasteiger partial charge in [0.25, 0.3) is 0 Å². The Labute approximate surface area is 231 Å². The number of carbonyl (C=O) groups is 1. The monoisotopic (exact) mass is 524 g/mol. The molecule has 0 saturated heterocycles. The SMILES string of the molecule is C=C1/C(=C\C=C2/CCC[C@]3(C)[C@@H]([C@H](C)/C=C/[C@@H](O)C4(C(=O)CCCCCC)CC4)CC[C@@H]23)C[C@@H](O)C[C@@H]1O. The molecule has 4 aliphatic rings. The minimum Gasteiger partial charge on any atom is -0.393 e. The van der Waals surface area contributed by atoms with Crippen LogP contribution in [0.25, 0.3) is 0 Å². The molecule has 0 aromatic carbocycles. The van der Waals surface area contributed by atoms with E-state index in [1.54, 1.807) is 0 Å². The van der Waals surface area contributed by atoms with Gasteiger partial charge in [0, 0.05) is 12.8 Å². The van der Waals surface area contributed by atoms with Crippen molar-refractivity contribution >= 4 is 5.78 Å². The van der Waals surface area contributed by atoms with Crippen molar-refractivity contribution in [2.45, 2.75) is 129 Å². The largest absolute Gasteiger partial charge is 0.393 e. The summed E-state index contributed by atoms with van der Waals surface area (Å²) < 4.78 is 0. The molecule has 0 amide bonds. The summed E-state index contributed by atoms with van der Waals surface area (Å²) in [6, 6.07) is 0. The Hall–Kier alpha value is -1.49. The van der Waals surface area contributed by atoms with E-state index >= 15 is 0 Å². The lowest BCUT2D eigenvalue weighted by atomic mass is 9.61. The minimum atomic E-state index is -0.656. The maximum Gasteiger partial charge on any atom is 0.141 e. The molecule has 0 heterocycles. The Bertz CT molecular complexity index is 954. The summed E-state index contributed by atoms with van der Waals surface area (Å²) in [5, 5.41) is 31.4. The van der Waals surface area contributed by atoms with Crippen LogP contribution in [0.2, 0.25) is 0 Å². The first-order chi connectivity index (χ1) is 18.1. The van der Waals surface area contributed by atoms with Gasteiger partial charge in [0.05, 0.1) is 23.7 Å². The predicted octanol–water partition coefficient (Wildman–Crippen LogP) is 7.00. The number of ketones is 1. The Morgan fingerprint density at radius 1 is 1.11 bits per heavy atom. The maximum atomic E-state index is 12.9. The highest BCUT2D eigenvalue weighted by atomic mass is 16.3. The molecule has 3 N–H and O–H groups in total. The number of hydrogen-bond acceptors (Lipinski definition) is 4. The van der Waals surface area contributed by atoms with Gasteiger partial charge in [-0.05, 0) is 92.1 Å². The molecule has 0 aromatic rings. The average molecular weight is 525 g/mol. The zero-order chi connectivity index (χ0) is 27.5. The van der Waals surface area contributed by atoms with E-state index in [0.29, 0.717) is 37.0 Å². The fourth-order valence-corrected chi connectivity index (χ4v) is 8.04. The van der Waals surface area contributed by atoms with Crippen LogP contribution in [0.15, 0.2) is 47.6 Å². The van der Waals surface area contributed by atoms with Crippen molar-refractivity contribution in [3.05, 3.63) is 47.6 Å². The van der Waals surface area contributed by atoms with Gasteiger partial charge in [0.1, 0.15) is 5.78 Å². The molecular weight excluding hydrogens is 472 g/mol. The predicted molar refractivity (Wildman–Crippen MR) is 154 cm³/mol. The highest BCUT2D eigenvalue weighted by Crippen LogP contribution is 2.60. The second-order valence-corrected chi connectivity index (χ2v) is 13.2. The molecular formula is C34H52O4. The Kier molecular flexibility index (Phi) is 9.59. The summed E-state index contributed by atoms with van der Waals surface area (Å²) in [5.74, 6) is 1.73. The average Bonchev–Trinajstić information content (AvgIpc) is 3.62. The molecule has 0 unspecified atom stereocenters. The lowest BCUT2D eigenvalue weighted by molar-refractivity contribution is -0.127. The van der Waals surface area contributed by atoms with E-state index in [1.807, 2.05) is 6.08 Å². The highest BCUT2D eigenvalue weighted by molar-refractivity contribution is 5.88. The highest BCUT2D eigenvalue weighted by Gasteiger charge is 2.54. The summed E-state index contributed by atoms with van der Waals surface area (Å²) >= 11 is 0. The Morgan fingerprint density at radius 2 is 1.87 bits per heavy atom. The minimum absolute atomic E-state index is 0.228. The summed E-state index contributed by atoms with van der Waals surface area (Å²) in [7, 11) is 0. The number of rotatable bonds is 11. The van der Waals surface area contributed by atoms with Gasteiger partial charge in [-0.3, -0.25) is 4.79 Å². The zero-order valence-electron chi connectivity index (χ0n) is 24.1. The van der Waals surface area contributed by atoms with Crippen LogP contribution in [0.4, 0.5) is 0 Å². The number of hydrogen-bond donors (Lipinski definition) is 3. The lowest BCUT2D eigenvalue weighted by Crippen LogP contribution is -2.35. The number of Topliss-reactive ketones (excluding diaryl/α,β-unsaturated/α-hetero) is 1. The van der Waals surface area contributed by atoms with E-state index in [2.05, 4.69) is 45.6 Å². The summed E-state index contributed by atoms with van der Waals surface area (Å²) in [5.41, 5.74) is 2.94. The van der Waals surface area contributed by atoms with Crippen LogP contribution in [-0.4, -0.2) is 39.4 Å². The molecule has 0 aromatic heterocycles. The van der Waals surface area contributed by atoms with Crippen molar-refractivity contribution in [2.24, 2.45) is 28.6 Å². The molecule has 4 nitrogen and oxygen atoms in total. The van der Waals surface area contributed by atoms with E-state index < -0.39 is 23.7 Å². The van der Waals surface area contributed by atoms with Gasteiger partial charge in [-0.25, -0.2) is 0 Å². The van der Waals surface area contributed by atoms with Crippen molar-refractivity contribution in [3.63, 3.8) is 0 Å². The van der Waals surface area contributed by atoms with Crippen LogP contribution in [-0.2, 0) is 4.79 Å². The number of aliphatic hydroxyl groups excluding tert-OH is 3. The van der Waals surface area contributed by atoms with E-state index in [1.165, 1.54) is 44.1 Å². The summed E-state index contributed by atoms with van der Waals surface area (Å²) in [6.07, 6.45) is 20.2. The molecule has 4 fully saturated rings. The molecule has 0 spiro atoms. The fourth-order valence-electron chi connectivity index (χ4n) is 8.04. The third-order valence-corrected chi connectivity index (χ3v) is 10.7. The van der Waals surface area contributed by atoms with Crippen molar-refractivity contribution in [2.75, 3.05) is 0 Å². The molecule has 4 aliphatic carbocycles. The normalized spacial score (nSPS) is 36.5. The third-order valence-electron chi connectivity index (χ3n) is 10.7. The molecule has 4 heteroatoms. The number of allylic oxidation sites excluding steroid dienone is 4. The van der Waals surface area contributed by atoms with Crippen molar-refractivity contribution < 1.29 is 20.1 Å². The van der Waals surface area contributed by atoms with Crippen LogP contribution < -0.4 is 0 Å². The topological polar surface area (TPSA) is 77.8 Å². The van der Waals surface area contributed by atoms with E-state index in [0.717, 1.165) is 43.3 Å². The van der Waals surface area contributed by atoms with Crippen molar-refractivity contribution in [3.8, 4) is 0 Å². The summed E-state index contributed by atoms with van der Waals surface area (Å²) in [6.45, 7) is 11.0. The van der Waals surface area contributed by atoms with Gasteiger partial charge >= 0.3 is 0 Å². The van der Waals surface area contributed by atoms with Crippen LogP contribution in [0.5, 0.6) is 0 Å². The summed E-state index contributed by atoms with van der Waals surface area (Å²) in [4.78, 5) is 12.9. The molecule has 7 atom stereocenters. The molecule has 0 bridgehead atoms. The Morgan fingerprint density at radius 3 is 2.58 bits per heavy atom. The molecule has 4 saturated carbocycles. The van der Waals surface area contributed by atoms with Gasteiger partial charge in [-0.2, -0.15) is 0 Å². The molecule has 0 radical (unpaired) electrons. The molecule has 38 heavy (non-hydrogen) atoms. The number of carbonyl (C=O) groups excluding carboxylic acids is 1. The first-order valence-corrected chi connectivity index (χ1v) is 15.5. The number of unbranched alkanes of at least 4 members (excludes halogenated alkanes) is 3. The van der Waals surface area contributed by atoms with Crippen molar-refractivity contribution in [1.82, 2.24) is 0 Å². The van der Waals surface area contributed by atoms with Crippen LogP contribution in [0.1, 0.15) is 111 Å². The first-order valence-electron chi connectivity index (χ1n) is 15.5. The number of aliphatic hydroxyl groups is 3. The molecule has 212 valence electrons. The van der Waals surface area contributed by atoms with Gasteiger partial charge in [-0.15, -0.1) is 0 Å². The first kappa shape index (κ1) is 29.5. The van der Waals surface area contributed by atoms with Crippen LogP contribution in [0, 0.1) is 28.6 Å². The lowest BCUT2D eigenvalue weighted by Gasteiger charge is -2.44. The quantitative estimate of drug-likeness (QED) is 0.201. The van der Waals surface area contributed by atoms with E-state index in [4.69, 9.17) is 0 Å². The van der Waals surface area contributed by atoms with Gasteiger partial charge in [-0.1, -0.05) is 76.5 Å². The van der Waals surface area contributed by atoms with E-state index in [9.17, 15) is 20.1 Å². The smallest absolute Gasteiger partial charge is 0.141 e.